The SMILES string of the molecule is CS(=O)CCCN1CCC(=O)N2CCCCC2C1=O. The van der Waals surface area contributed by atoms with Crippen molar-refractivity contribution < 1.29 is 13.8 Å². The molecule has 2 atom stereocenters. The van der Waals surface area contributed by atoms with Crippen LogP contribution in [0.4, 0.5) is 0 Å². The molecule has 2 amide bonds. The lowest BCUT2D eigenvalue weighted by Gasteiger charge is -2.34. The number of hydrogen-bond acceptors (Lipinski definition) is 3. The van der Waals surface area contributed by atoms with Crippen molar-refractivity contribution in [3.8, 4) is 0 Å². The molecular formula is C13H22N2O3S. The van der Waals surface area contributed by atoms with E-state index in [1.807, 2.05) is 0 Å². The first-order chi connectivity index (χ1) is 9.09. The molecule has 6 heteroatoms. The summed E-state index contributed by atoms with van der Waals surface area (Å²) in [5.74, 6) is 0.818. The van der Waals surface area contributed by atoms with Crippen LogP contribution in [0.2, 0.25) is 0 Å². The monoisotopic (exact) mass is 286 g/mol. The number of amides is 2. The molecule has 2 heterocycles. The summed E-state index contributed by atoms with van der Waals surface area (Å²) in [7, 11) is -0.816. The molecule has 0 aliphatic carbocycles. The minimum Gasteiger partial charge on any atom is -0.340 e. The van der Waals surface area contributed by atoms with Gasteiger partial charge in [-0.2, -0.15) is 0 Å². The van der Waals surface area contributed by atoms with Gasteiger partial charge in [-0.25, -0.2) is 0 Å². The molecule has 0 spiro atoms. The topological polar surface area (TPSA) is 57.7 Å². The first-order valence-electron chi connectivity index (χ1n) is 6.98. The molecule has 19 heavy (non-hydrogen) atoms. The van der Waals surface area contributed by atoms with Gasteiger partial charge in [0.05, 0.1) is 0 Å². The van der Waals surface area contributed by atoms with Crippen molar-refractivity contribution in [2.45, 2.75) is 38.1 Å². The summed E-state index contributed by atoms with van der Waals surface area (Å²) in [5, 5.41) is 0. The molecule has 0 N–H and O–H groups in total. The molecule has 0 aromatic rings. The molecule has 0 saturated carbocycles. The summed E-state index contributed by atoms with van der Waals surface area (Å²) >= 11 is 0. The van der Waals surface area contributed by atoms with Gasteiger partial charge in [0.15, 0.2) is 0 Å². The number of carbonyl (C=O) groups excluding carboxylic acids is 2. The van der Waals surface area contributed by atoms with Crippen LogP contribution in [-0.2, 0) is 20.4 Å². The third kappa shape index (κ3) is 3.55. The summed E-state index contributed by atoms with van der Waals surface area (Å²) < 4.78 is 11.1. The van der Waals surface area contributed by atoms with Crippen LogP contribution in [0, 0.1) is 0 Å². The van der Waals surface area contributed by atoms with Crippen molar-refractivity contribution >= 4 is 22.6 Å². The molecule has 2 unspecified atom stereocenters. The van der Waals surface area contributed by atoms with Crippen molar-refractivity contribution in [3.63, 3.8) is 0 Å². The third-order valence-corrected chi connectivity index (χ3v) is 4.74. The standard InChI is InChI=1S/C13H22N2O3S/c1-19(18)10-4-7-14-9-6-12(16)15-8-3-2-5-11(15)13(14)17/h11H,2-10H2,1H3. The van der Waals surface area contributed by atoms with Crippen LogP contribution in [-0.4, -0.2) is 63.5 Å². The fraction of sp³-hybridized carbons (Fsp3) is 0.846. The van der Waals surface area contributed by atoms with E-state index in [-0.39, 0.29) is 17.9 Å². The third-order valence-electron chi connectivity index (χ3n) is 3.88. The Bertz CT molecular complexity index is 386. The van der Waals surface area contributed by atoms with Crippen LogP contribution in [0.25, 0.3) is 0 Å². The van der Waals surface area contributed by atoms with E-state index in [2.05, 4.69) is 0 Å². The molecule has 108 valence electrons. The van der Waals surface area contributed by atoms with Crippen LogP contribution < -0.4 is 0 Å². The quantitative estimate of drug-likeness (QED) is 0.750. The molecule has 0 radical (unpaired) electrons. The first kappa shape index (κ1) is 14.5. The summed E-state index contributed by atoms with van der Waals surface area (Å²) in [5.41, 5.74) is 0. The van der Waals surface area contributed by atoms with Gasteiger partial charge < -0.3 is 9.80 Å². The van der Waals surface area contributed by atoms with Crippen molar-refractivity contribution in [2.75, 3.05) is 31.6 Å². The predicted octanol–water partition coefficient (Wildman–Crippen LogP) is 0.368. The second-order valence-corrected chi connectivity index (χ2v) is 6.86. The maximum atomic E-state index is 12.5. The van der Waals surface area contributed by atoms with Crippen LogP contribution in [0.1, 0.15) is 32.1 Å². The largest absolute Gasteiger partial charge is 0.340 e. The van der Waals surface area contributed by atoms with Crippen LogP contribution >= 0.6 is 0 Å². The van der Waals surface area contributed by atoms with Gasteiger partial charge in [-0.15, -0.1) is 0 Å². The highest BCUT2D eigenvalue weighted by Gasteiger charge is 2.37. The van der Waals surface area contributed by atoms with Crippen molar-refractivity contribution in [3.05, 3.63) is 0 Å². The Morgan fingerprint density at radius 2 is 2.05 bits per heavy atom. The zero-order chi connectivity index (χ0) is 13.8. The van der Waals surface area contributed by atoms with Gasteiger partial charge in [0.1, 0.15) is 6.04 Å². The van der Waals surface area contributed by atoms with Crippen LogP contribution in [0.5, 0.6) is 0 Å². The Kier molecular flexibility index (Phi) is 4.96. The summed E-state index contributed by atoms with van der Waals surface area (Å²) in [6, 6.07) is -0.240. The first-order valence-corrected chi connectivity index (χ1v) is 8.70. The number of carbonyl (C=O) groups is 2. The molecule has 0 bridgehead atoms. The van der Waals surface area contributed by atoms with E-state index in [1.54, 1.807) is 16.1 Å². The Morgan fingerprint density at radius 3 is 2.79 bits per heavy atom. The van der Waals surface area contributed by atoms with Crippen molar-refractivity contribution in [1.29, 1.82) is 0 Å². The Hall–Kier alpha value is -0.910. The second kappa shape index (κ2) is 6.50. The van der Waals surface area contributed by atoms with Gasteiger partial charge in [0.2, 0.25) is 11.8 Å². The lowest BCUT2D eigenvalue weighted by atomic mass is 10.0. The molecule has 0 aromatic heterocycles. The smallest absolute Gasteiger partial charge is 0.245 e. The second-order valence-electron chi connectivity index (χ2n) is 5.30. The summed E-state index contributed by atoms with van der Waals surface area (Å²) in [4.78, 5) is 28.0. The van der Waals surface area contributed by atoms with E-state index in [0.29, 0.717) is 25.3 Å². The van der Waals surface area contributed by atoms with E-state index < -0.39 is 10.8 Å². The molecule has 5 nitrogen and oxygen atoms in total. The Morgan fingerprint density at radius 1 is 1.26 bits per heavy atom. The van der Waals surface area contributed by atoms with E-state index in [9.17, 15) is 13.8 Å². The number of piperidine rings is 1. The lowest BCUT2D eigenvalue weighted by molar-refractivity contribution is -0.143. The zero-order valence-corrected chi connectivity index (χ0v) is 12.3. The minimum absolute atomic E-state index is 0.0902. The highest BCUT2D eigenvalue weighted by atomic mass is 32.2. The summed E-state index contributed by atoms with van der Waals surface area (Å²) in [6.07, 6.45) is 5.67. The fourth-order valence-electron chi connectivity index (χ4n) is 2.86. The number of fused-ring (bicyclic) bond motifs is 1. The summed E-state index contributed by atoms with van der Waals surface area (Å²) in [6.45, 7) is 1.86. The van der Waals surface area contributed by atoms with Crippen molar-refractivity contribution in [1.82, 2.24) is 9.80 Å². The molecular weight excluding hydrogens is 264 g/mol. The zero-order valence-electron chi connectivity index (χ0n) is 11.5. The normalized spacial score (nSPS) is 26.1. The van der Waals surface area contributed by atoms with Gasteiger partial charge in [0.25, 0.3) is 0 Å². The minimum atomic E-state index is -0.816. The number of nitrogens with zero attached hydrogens (tertiary/aromatic N) is 2. The number of hydrogen-bond donors (Lipinski definition) is 0. The van der Waals surface area contributed by atoms with Gasteiger partial charge in [-0.3, -0.25) is 13.8 Å². The van der Waals surface area contributed by atoms with E-state index in [0.717, 1.165) is 32.2 Å². The molecule has 2 rings (SSSR count). The average Bonchev–Trinajstić information content (AvgIpc) is 2.51. The predicted molar refractivity (Wildman–Crippen MR) is 74.1 cm³/mol. The van der Waals surface area contributed by atoms with E-state index >= 15 is 0 Å². The van der Waals surface area contributed by atoms with Crippen LogP contribution in [0.3, 0.4) is 0 Å². The molecule has 2 saturated heterocycles. The molecule has 0 aromatic carbocycles. The Labute approximate surface area is 116 Å². The van der Waals surface area contributed by atoms with E-state index in [4.69, 9.17) is 0 Å². The van der Waals surface area contributed by atoms with Crippen LogP contribution in [0.15, 0.2) is 0 Å². The van der Waals surface area contributed by atoms with E-state index in [1.165, 1.54) is 0 Å². The fourth-order valence-corrected chi connectivity index (χ4v) is 3.40. The highest BCUT2D eigenvalue weighted by molar-refractivity contribution is 7.84. The van der Waals surface area contributed by atoms with Gasteiger partial charge >= 0.3 is 0 Å². The maximum absolute atomic E-state index is 12.5. The van der Waals surface area contributed by atoms with Crippen molar-refractivity contribution in [2.24, 2.45) is 0 Å². The lowest BCUT2D eigenvalue weighted by Crippen LogP contribution is -2.49. The Balaban J connectivity index is 1.99. The number of rotatable bonds is 4. The molecule has 2 aliphatic rings. The maximum Gasteiger partial charge on any atom is 0.245 e. The van der Waals surface area contributed by atoms with Gasteiger partial charge in [-0.05, 0) is 25.7 Å². The highest BCUT2D eigenvalue weighted by Crippen LogP contribution is 2.22. The molecule has 2 aliphatic heterocycles. The van der Waals surface area contributed by atoms with Gasteiger partial charge in [-0.1, -0.05) is 0 Å². The molecule has 2 fully saturated rings. The average molecular weight is 286 g/mol. The van der Waals surface area contributed by atoms with Gasteiger partial charge in [0, 0.05) is 48.9 Å².